The van der Waals surface area contributed by atoms with E-state index in [0.29, 0.717) is 17.9 Å². The van der Waals surface area contributed by atoms with Gasteiger partial charge in [-0.05, 0) is 24.1 Å². The average Bonchev–Trinajstić information content (AvgIpc) is 2.74. The lowest BCUT2D eigenvalue weighted by atomic mass is 9.88. The molecule has 0 amide bonds. The van der Waals surface area contributed by atoms with Gasteiger partial charge in [0, 0.05) is 16.3 Å². The Hall–Kier alpha value is -3.33. The van der Waals surface area contributed by atoms with Crippen molar-refractivity contribution in [1.29, 1.82) is 0 Å². The molecule has 138 valence electrons. The zero-order chi connectivity index (χ0) is 19.3. The number of carbonyl (C=O) groups excluding carboxylic acids is 1. The van der Waals surface area contributed by atoms with Crippen LogP contribution in [0.1, 0.15) is 24.5 Å². The molecule has 1 atom stereocenters. The number of hydrogen-bond donors (Lipinski definition) is 0. The first-order chi connectivity index (χ1) is 13.6. The Balaban J connectivity index is 1.82. The Morgan fingerprint density at radius 3 is 1.86 bits per heavy atom. The van der Waals surface area contributed by atoms with Gasteiger partial charge >= 0.3 is 5.97 Å². The molecule has 5 rings (SSSR count). The van der Waals surface area contributed by atoms with Crippen molar-refractivity contribution in [3.63, 3.8) is 0 Å². The van der Waals surface area contributed by atoms with E-state index in [1.807, 2.05) is 80.6 Å². The fourth-order valence-electron chi connectivity index (χ4n) is 4.09. The highest BCUT2D eigenvalue weighted by molar-refractivity contribution is 6.15. The molecule has 0 unspecified atom stereocenters. The molecule has 28 heavy (non-hydrogen) atoms. The van der Waals surface area contributed by atoms with Crippen LogP contribution >= 0.6 is 0 Å². The van der Waals surface area contributed by atoms with Crippen molar-refractivity contribution in [3.8, 4) is 11.5 Å². The van der Waals surface area contributed by atoms with Crippen LogP contribution in [0.5, 0.6) is 11.5 Å². The molecule has 0 aromatic heterocycles. The van der Waals surface area contributed by atoms with E-state index in [-0.39, 0.29) is 5.97 Å². The minimum Gasteiger partial charge on any atom is -0.466 e. The van der Waals surface area contributed by atoms with Gasteiger partial charge in [-0.3, -0.25) is 0 Å². The third-order valence-corrected chi connectivity index (χ3v) is 5.66. The lowest BCUT2D eigenvalue weighted by Crippen LogP contribution is -2.46. The molecule has 3 heteroatoms. The van der Waals surface area contributed by atoms with Crippen LogP contribution in [0.25, 0.3) is 21.5 Å². The SMILES string of the molecule is CC[C@]1(c2ccc(C)cc2)Oc2c(c3ccccc3c3ccccc23)OC1=O. The largest absolute Gasteiger partial charge is 0.466 e. The first-order valence-electron chi connectivity index (χ1n) is 9.56. The van der Waals surface area contributed by atoms with E-state index in [0.717, 1.165) is 32.7 Å². The summed E-state index contributed by atoms with van der Waals surface area (Å²) < 4.78 is 12.5. The van der Waals surface area contributed by atoms with Gasteiger partial charge in [0.05, 0.1) is 0 Å². The molecule has 0 bridgehead atoms. The highest BCUT2D eigenvalue weighted by Gasteiger charge is 2.48. The molecule has 0 saturated heterocycles. The molecule has 3 nitrogen and oxygen atoms in total. The second-order valence-corrected chi connectivity index (χ2v) is 7.29. The molecule has 1 aliphatic rings. The number of carbonyl (C=O) groups is 1. The second kappa shape index (κ2) is 6.10. The standard InChI is InChI=1S/C25H20O3/c1-3-25(17-14-12-16(2)13-15-17)24(26)27-22-20-10-6-4-8-18(20)19-9-5-7-11-21(19)23(22)28-25/h4-15H,3H2,1-2H3/t25-/m1/s1. The summed E-state index contributed by atoms with van der Waals surface area (Å²) in [6.45, 7) is 3.98. The van der Waals surface area contributed by atoms with E-state index in [2.05, 4.69) is 6.07 Å². The van der Waals surface area contributed by atoms with Crippen LogP contribution < -0.4 is 9.47 Å². The van der Waals surface area contributed by atoms with Gasteiger partial charge in [0.25, 0.3) is 0 Å². The van der Waals surface area contributed by atoms with E-state index in [9.17, 15) is 4.79 Å². The molecule has 4 aromatic rings. The molecule has 0 spiro atoms. The topological polar surface area (TPSA) is 35.5 Å². The summed E-state index contributed by atoms with van der Waals surface area (Å²) >= 11 is 0. The maximum Gasteiger partial charge on any atom is 0.360 e. The van der Waals surface area contributed by atoms with E-state index in [4.69, 9.17) is 9.47 Å². The summed E-state index contributed by atoms with van der Waals surface area (Å²) in [5.74, 6) is 0.776. The minimum absolute atomic E-state index is 0.369. The molecule has 0 radical (unpaired) electrons. The number of esters is 1. The summed E-state index contributed by atoms with van der Waals surface area (Å²) in [4.78, 5) is 13.2. The van der Waals surface area contributed by atoms with Gasteiger partial charge in [0.2, 0.25) is 5.60 Å². The van der Waals surface area contributed by atoms with Crippen LogP contribution in [0.2, 0.25) is 0 Å². The quantitative estimate of drug-likeness (QED) is 0.251. The normalized spacial score (nSPS) is 18.6. The number of aryl methyl sites for hydroxylation is 1. The maximum atomic E-state index is 13.2. The summed E-state index contributed by atoms with van der Waals surface area (Å²) in [5.41, 5.74) is 0.802. The average molecular weight is 368 g/mol. The van der Waals surface area contributed by atoms with Crippen molar-refractivity contribution in [1.82, 2.24) is 0 Å². The van der Waals surface area contributed by atoms with Crippen molar-refractivity contribution >= 4 is 27.5 Å². The molecular weight excluding hydrogens is 348 g/mol. The predicted molar refractivity (Wildman–Crippen MR) is 111 cm³/mol. The van der Waals surface area contributed by atoms with Gasteiger partial charge in [0.15, 0.2) is 11.5 Å². The van der Waals surface area contributed by atoms with Crippen molar-refractivity contribution in [2.75, 3.05) is 0 Å². The molecule has 0 N–H and O–H groups in total. The van der Waals surface area contributed by atoms with Crippen molar-refractivity contribution in [2.24, 2.45) is 0 Å². The van der Waals surface area contributed by atoms with Gasteiger partial charge in [-0.2, -0.15) is 0 Å². The molecule has 0 fully saturated rings. The van der Waals surface area contributed by atoms with Crippen LogP contribution in [0, 0.1) is 6.92 Å². The molecule has 1 aliphatic heterocycles. The fraction of sp³-hybridized carbons (Fsp3) is 0.160. The number of rotatable bonds is 2. The van der Waals surface area contributed by atoms with Gasteiger partial charge in [0.1, 0.15) is 0 Å². The Kier molecular flexibility index (Phi) is 3.66. The van der Waals surface area contributed by atoms with Crippen LogP contribution in [-0.4, -0.2) is 5.97 Å². The van der Waals surface area contributed by atoms with Gasteiger partial charge in [-0.15, -0.1) is 0 Å². The predicted octanol–water partition coefficient (Wildman–Crippen LogP) is 5.90. The van der Waals surface area contributed by atoms with Crippen LogP contribution in [0.15, 0.2) is 72.8 Å². The molecular formula is C25H20O3. The third-order valence-electron chi connectivity index (χ3n) is 5.66. The summed E-state index contributed by atoms with van der Waals surface area (Å²) in [6, 6.07) is 24.0. The molecule has 0 aliphatic carbocycles. The lowest BCUT2D eigenvalue weighted by Gasteiger charge is -2.37. The maximum absolute atomic E-state index is 13.2. The van der Waals surface area contributed by atoms with Crippen LogP contribution in [0.4, 0.5) is 0 Å². The number of benzene rings is 4. The highest BCUT2D eigenvalue weighted by atomic mass is 16.6. The zero-order valence-corrected chi connectivity index (χ0v) is 15.9. The van der Waals surface area contributed by atoms with Crippen molar-refractivity contribution in [3.05, 3.63) is 83.9 Å². The van der Waals surface area contributed by atoms with Crippen LogP contribution in [0.3, 0.4) is 0 Å². The Bertz CT molecular complexity index is 1220. The fourth-order valence-corrected chi connectivity index (χ4v) is 4.09. The first-order valence-corrected chi connectivity index (χ1v) is 9.56. The lowest BCUT2D eigenvalue weighted by molar-refractivity contribution is -0.157. The van der Waals surface area contributed by atoms with E-state index in [1.54, 1.807) is 0 Å². The van der Waals surface area contributed by atoms with Gasteiger partial charge in [-0.1, -0.05) is 85.3 Å². The number of hydrogen-bond acceptors (Lipinski definition) is 3. The second-order valence-electron chi connectivity index (χ2n) is 7.29. The number of ether oxygens (including phenoxy) is 2. The van der Waals surface area contributed by atoms with E-state index in [1.165, 1.54) is 0 Å². The minimum atomic E-state index is -1.15. The van der Waals surface area contributed by atoms with Gasteiger partial charge in [-0.25, -0.2) is 4.79 Å². The number of fused-ring (bicyclic) bond motifs is 6. The van der Waals surface area contributed by atoms with E-state index >= 15 is 0 Å². The molecule has 1 heterocycles. The molecule has 4 aromatic carbocycles. The van der Waals surface area contributed by atoms with Crippen molar-refractivity contribution in [2.45, 2.75) is 25.9 Å². The smallest absolute Gasteiger partial charge is 0.360 e. The Morgan fingerprint density at radius 2 is 1.29 bits per heavy atom. The van der Waals surface area contributed by atoms with Gasteiger partial charge < -0.3 is 9.47 Å². The van der Waals surface area contributed by atoms with Crippen LogP contribution in [-0.2, 0) is 10.4 Å². The summed E-state index contributed by atoms with van der Waals surface area (Å²) in [5, 5.41) is 3.98. The zero-order valence-electron chi connectivity index (χ0n) is 15.9. The third kappa shape index (κ3) is 2.26. The van der Waals surface area contributed by atoms with E-state index < -0.39 is 5.60 Å². The highest BCUT2D eigenvalue weighted by Crippen LogP contribution is 2.50. The Labute approximate surface area is 163 Å². The van der Waals surface area contributed by atoms with Crippen molar-refractivity contribution < 1.29 is 14.3 Å². The first kappa shape index (κ1) is 16.8. The Morgan fingerprint density at radius 1 is 0.750 bits per heavy atom. The monoisotopic (exact) mass is 368 g/mol. The summed E-state index contributed by atoms with van der Waals surface area (Å²) in [6.07, 6.45) is 0.482. The molecule has 0 saturated carbocycles. The summed E-state index contributed by atoms with van der Waals surface area (Å²) in [7, 11) is 0.